The van der Waals surface area contributed by atoms with E-state index in [4.69, 9.17) is 10.5 Å². The monoisotopic (exact) mass is 486 g/mol. The normalized spacial score (nSPS) is 19.6. The molecule has 5 heterocycles. The Morgan fingerprint density at radius 2 is 2.00 bits per heavy atom. The maximum absolute atomic E-state index is 15.2. The van der Waals surface area contributed by atoms with Crippen LogP contribution in [0.2, 0.25) is 0 Å². The molecular formula is C23H18F4N6O2. The molecule has 1 amide bonds. The molecule has 2 N–H and O–H groups in total. The summed E-state index contributed by atoms with van der Waals surface area (Å²) in [5, 5.41) is 0. The molecule has 12 heteroatoms. The highest BCUT2D eigenvalue weighted by Gasteiger charge is 2.45. The van der Waals surface area contributed by atoms with Crippen molar-refractivity contribution in [1.29, 1.82) is 0 Å². The molecular weight excluding hydrogens is 468 g/mol. The summed E-state index contributed by atoms with van der Waals surface area (Å²) in [5.74, 6) is -0.756. The summed E-state index contributed by atoms with van der Waals surface area (Å²) in [6, 6.07) is 4.04. The van der Waals surface area contributed by atoms with E-state index in [-0.39, 0.29) is 22.8 Å². The number of likely N-dealkylation sites (tertiary alicyclic amines) is 1. The van der Waals surface area contributed by atoms with Gasteiger partial charge >= 0.3 is 6.18 Å². The minimum absolute atomic E-state index is 0.149. The van der Waals surface area contributed by atoms with Gasteiger partial charge in [0.25, 0.3) is 5.91 Å². The molecule has 0 aliphatic carbocycles. The van der Waals surface area contributed by atoms with E-state index in [1.807, 2.05) is 0 Å². The molecule has 6 rings (SSSR count). The van der Waals surface area contributed by atoms with Crippen LogP contribution in [0.5, 0.6) is 5.88 Å². The number of fused-ring (bicyclic) bond motifs is 6. The second kappa shape index (κ2) is 7.27. The SMILES string of the molecule is Cc1ncc2c(N)nc3cc(F)c(C(=O)N4CCC[C@@H]5Oc6nc(C(F)(F)F)ccc6[C@@H]54)cc3n12. The number of amides is 1. The number of alkyl halides is 3. The highest BCUT2D eigenvalue weighted by molar-refractivity contribution is 5.99. The van der Waals surface area contributed by atoms with Gasteiger partial charge in [0.2, 0.25) is 5.88 Å². The lowest BCUT2D eigenvalue weighted by Crippen LogP contribution is -2.44. The zero-order valence-electron chi connectivity index (χ0n) is 18.3. The third-order valence-electron chi connectivity index (χ3n) is 6.58. The second-order valence-electron chi connectivity index (χ2n) is 8.67. The van der Waals surface area contributed by atoms with Crippen molar-refractivity contribution in [2.45, 2.75) is 38.1 Å². The van der Waals surface area contributed by atoms with Crippen LogP contribution in [-0.2, 0) is 6.18 Å². The summed E-state index contributed by atoms with van der Waals surface area (Å²) in [6.45, 7) is 2.04. The fourth-order valence-corrected chi connectivity index (χ4v) is 5.01. The van der Waals surface area contributed by atoms with Crippen molar-refractivity contribution in [1.82, 2.24) is 24.3 Å². The Hall–Kier alpha value is -3.96. The average Bonchev–Trinajstić information content (AvgIpc) is 3.38. The molecule has 3 aromatic heterocycles. The minimum Gasteiger partial charge on any atom is -0.472 e. The van der Waals surface area contributed by atoms with Crippen LogP contribution in [-0.4, -0.2) is 42.8 Å². The zero-order valence-corrected chi connectivity index (χ0v) is 18.3. The molecule has 0 spiro atoms. The first-order valence-electron chi connectivity index (χ1n) is 10.9. The molecule has 180 valence electrons. The topological polar surface area (TPSA) is 98.6 Å². The van der Waals surface area contributed by atoms with Gasteiger partial charge in [-0.2, -0.15) is 13.2 Å². The summed E-state index contributed by atoms with van der Waals surface area (Å²) in [4.78, 5) is 27.2. The maximum atomic E-state index is 15.2. The summed E-state index contributed by atoms with van der Waals surface area (Å²) in [5.41, 5.74) is 6.35. The molecule has 35 heavy (non-hydrogen) atoms. The van der Waals surface area contributed by atoms with E-state index in [1.165, 1.54) is 17.0 Å². The lowest BCUT2D eigenvalue weighted by molar-refractivity contribution is -0.141. The fourth-order valence-electron chi connectivity index (χ4n) is 5.01. The second-order valence-corrected chi connectivity index (χ2v) is 8.67. The number of nitrogen functional groups attached to an aromatic ring is 1. The predicted molar refractivity (Wildman–Crippen MR) is 116 cm³/mol. The zero-order chi connectivity index (χ0) is 24.6. The first-order chi connectivity index (χ1) is 16.6. The number of carbonyl (C=O) groups is 1. The Balaban J connectivity index is 1.44. The number of pyridine rings is 1. The first-order valence-corrected chi connectivity index (χ1v) is 10.9. The van der Waals surface area contributed by atoms with Crippen LogP contribution in [0.3, 0.4) is 0 Å². The number of hydrogen-bond donors (Lipinski definition) is 1. The molecule has 4 aromatic rings. The summed E-state index contributed by atoms with van der Waals surface area (Å²) >= 11 is 0. The number of rotatable bonds is 1. The van der Waals surface area contributed by atoms with Gasteiger partial charge in [-0.15, -0.1) is 0 Å². The Labute approximate surface area is 195 Å². The smallest absolute Gasteiger partial charge is 0.433 e. The molecule has 1 saturated heterocycles. The Morgan fingerprint density at radius 1 is 1.20 bits per heavy atom. The van der Waals surface area contributed by atoms with Crippen molar-refractivity contribution in [3.63, 3.8) is 0 Å². The average molecular weight is 486 g/mol. The number of ether oxygens (including phenoxy) is 1. The van der Waals surface area contributed by atoms with Gasteiger partial charge in [0, 0.05) is 18.2 Å². The van der Waals surface area contributed by atoms with Crippen LogP contribution >= 0.6 is 0 Å². The lowest BCUT2D eigenvalue weighted by atomic mass is 9.94. The number of piperidine rings is 1. The predicted octanol–water partition coefficient (Wildman–Crippen LogP) is 4.06. The van der Waals surface area contributed by atoms with Gasteiger partial charge in [0.15, 0.2) is 0 Å². The van der Waals surface area contributed by atoms with Crippen LogP contribution in [0, 0.1) is 12.7 Å². The van der Waals surface area contributed by atoms with Crippen LogP contribution in [0.4, 0.5) is 23.4 Å². The van der Waals surface area contributed by atoms with Crippen LogP contribution in [0.1, 0.15) is 46.3 Å². The summed E-state index contributed by atoms with van der Waals surface area (Å²) < 4.78 is 62.0. The number of carbonyl (C=O) groups excluding carboxylic acids is 1. The van der Waals surface area contributed by atoms with E-state index in [9.17, 15) is 18.0 Å². The molecule has 0 saturated carbocycles. The third kappa shape index (κ3) is 3.19. The van der Waals surface area contributed by atoms with Crippen molar-refractivity contribution in [3.8, 4) is 5.88 Å². The van der Waals surface area contributed by atoms with Gasteiger partial charge in [-0.05, 0) is 38.0 Å². The molecule has 2 aliphatic heterocycles. The van der Waals surface area contributed by atoms with Crippen LogP contribution < -0.4 is 10.5 Å². The summed E-state index contributed by atoms with van der Waals surface area (Å²) in [7, 11) is 0. The van der Waals surface area contributed by atoms with Crippen LogP contribution in [0.25, 0.3) is 16.6 Å². The molecule has 8 nitrogen and oxygen atoms in total. The number of aromatic nitrogens is 4. The van der Waals surface area contributed by atoms with E-state index in [0.717, 1.165) is 12.1 Å². The van der Waals surface area contributed by atoms with Crippen LogP contribution in [0.15, 0.2) is 30.5 Å². The molecule has 1 fully saturated rings. The highest BCUT2D eigenvalue weighted by atomic mass is 19.4. The number of anilines is 1. The number of nitrogens with two attached hydrogens (primary N) is 1. The molecule has 1 aromatic carbocycles. The van der Waals surface area contributed by atoms with E-state index in [1.54, 1.807) is 17.5 Å². The number of halogens is 4. The Morgan fingerprint density at radius 3 is 2.77 bits per heavy atom. The van der Waals surface area contributed by atoms with Crippen molar-refractivity contribution >= 4 is 28.3 Å². The first kappa shape index (κ1) is 21.6. The summed E-state index contributed by atoms with van der Waals surface area (Å²) in [6.07, 6.45) is -2.56. The standard InChI is InChI=1S/C23H18F4N6O2/c1-10-29-9-16-20(28)30-14-8-13(24)12(7-15(14)33(10)16)22(34)32-6-2-3-17-19(32)11-4-5-18(23(25,26)27)31-21(11)35-17/h4-5,7-9,17,19H,2-3,6H2,1H3,(H2,28,30)/t17-,19-/m0/s1. The van der Waals surface area contributed by atoms with Gasteiger partial charge in [-0.1, -0.05) is 0 Å². The molecule has 2 atom stereocenters. The van der Waals surface area contributed by atoms with Crippen molar-refractivity contribution in [2.24, 2.45) is 0 Å². The fraction of sp³-hybridized carbons (Fsp3) is 0.304. The van der Waals surface area contributed by atoms with Crippen molar-refractivity contribution in [2.75, 3.05) is 12.3 Å². The minimum atomic E-state index is -4.62. The number of imidazole rings is 1. The van der Waals surface area contributed by atoms with Gasteiger partial charge in [0.05, 0.1) is 28.8 Å². The number of aryl methyl sites for hydroxylation is 1. The van der Waals surface area contributed by atoms with E-state index in [2.05, 4.69) is 15.0 Å². The van der Waals surface area contributed by atoms with Crippen molar-refractivity contribution < 1.29 is 27.1 Å². The molecule has 0 bridgehead atoms. The number of hydrogen-bond acceptors (Lipinski definition) is 6. The molecule has 0 unspecified atom stereocenters. The Kier molecular flexibility index (Phi) is 4.48. The van der Waals surface area contributed by atoms with Crippen molar-refractivity contribution in [3.05, 3.63) is 58.9 Å². The van der Waals surface area contributed by atoms with Gasteiger partial charge in [-0.25, -0.2) is 19.3 Å². The molecule has 2 aliphatic rings. The van der Waals surface area contributed by atoms with E-state index < -0.39 is 35.7 Å². The van der Waals surface area contributed by atoms with Gasteiger partial charge in [0.1, 0.15) is 34.8 Å². The largest absolute Gasteiger partial charge is 0.472 e. The number of nitrogens with zero attached hydrogens (tertiary/aromatic N) is 5. The van der Waals surface area contributed by atoms with Gasteiger partial charge in [-0.3, -0.25) is 9.20 Å². The quantitative estimate of drug-likeness (QED) is 0.408. The van der Waals surface area contributed by atoms with E-state index >= 15 is 4.39 Å². The Bertz CT molecular complexity index is 1530. The third-order valence-corrected chi connectivity index (χ3v) is 6.58. The maximum Gasteiger partial charge on any atom is 0.433 e. The van der Waals surface area contributed by atoms with Gasteiger partial charge < -0.3 is 15.4 Å². The van der Waals surface area contributed by atoms with E-state index in [0.29, 0.717) is 41.8 Å². The molecule has 0 radical (unpaired) electrons. The lowest BCUT2D eigenvalue weighted by Gasteiger charge is -2.36. The number of benzene rings is 1. The highest BCUT2D eigenvalue weighted by Crippen LogP contribution is 2.45.